The molecule has 0 radical (unpaired) electrons. The third-order valence-corrected chi connectivity index (χ3v) is 7.25. The second kappa shape index (κ2) is 14.6. The van der Waals surface area contributed by atoms with Gasteiger partial charge in [-0.25, -0.2) is 0 Å². The van der Waals surface area contributed by atoms with Crippen LogP contribution in [0.1, 0.15) is 56.1 Å². The van der Waals surface area contributed by atoms with E-state index in [0.717, 1.165) is 42.6 Å². The molecule has 1 N–H and O–H groups in total. The summed E-state index contributed by atoms with van der Waals surface area (Å²) in [6.07, 6.45) is 6.74. The first-order chi connectivity index (χ1) is 18.6. The molecule has 4 rings (SSSR count). The quantitative estimate of drug-likeness (QED) is 0.268. The number of carbonyl (C=O) groups is 2. The van der Waals surface area contributed by atoms with Crippen molar-refractivity contribution in [1.82, 2.24) is 10.2 Å². The molecule has 0 bridgehead atoms. The number of halogens is 1. The molecule has 3 aromatic carbocycles. The maximum Gasteiger partial charge on any atom is 0.243 e. The molecule has 1 saturated carbocycles. The number of nitrogens with one attached hydrogen (secondary N) is 1. The molecule has 0 heterocycles. The lowest BCUT2D eigenvalue weighted by Gasteiger charge is -2.33. The summed E-state index contributed by atoms with van der Waals surface area (Å²) < 4.78 is 5.81. The Kier molecular flexibility index (Phi) is 10.6. The van der Waals surface area contributed by atoms with Crippen molar-refractivity contribution >= 4 is 23.4 Å². The van der Waals surface area contributed by atoms with Gasteiger partial charge in [0.05, 0.1) is 6.61 Å². The van der Waals surface area contributed by atoms with Gasteiger partial charge < -0.3 is 15.0 Å². The standard InChI is InChI=1S/C32H37ClN2O3/c33-27-15-10-14-26(22-27)24-35(31(36)20-11-21-38-29-18-8-3-9-19-29)30(23-25-12-4-1-5-13-25)32(37)34-28-16-6-2-7-17-28/h1,3-5,8-10,12-15,18-19,22,28,30H,2,6-7,11,16-17,20-21,23-24H2,(H,34,37). The van der Waals surface area contributed by atoms with E-state index in [1.807, 2.05) is 84.9 Å². The minimum atomic E-state index is -0.624. The summed E-state index contributed by atoms with van der Waals surface area (Å²) in [7, 11) is 0. The van der Waals surface area contributed by atoms with E-state index >= 15 is 0 Å². The number of amides is 2. The lowest BCUT2D eigenvalue weighted by molar-refractivity contribution is -0.141. The fourth-order valence-corrected chi connectivity index (χ4v) is 5.22. The van der Waals surface area contributed by atoms with Crippen LogP contribution in [-0.4, -0.2) is 35.4 Å². The van der Waals surface area contributed by atoms with Crippen molar-refractivity contribution in [1.29, 1.82) is 0 Å². The summed E-state index contributed by atoms with van der Waals surface area (Å²) in [6, 6.07) is 26.5. The van der Waals surface area contributed by atoms with Crippen LogP contribution in [-0.2, 0) is 22.6 Å². The molecule has 3 aromatic rings. The van der Waals surface area contributed by atoms with Crippen molar-refractivity contribution in [2.45, 2.75) is 70.0 Å². The van der Waals surface area contributed by atoms with E-state index in [4.69, 9.17) is 16.3 Å². The zero-order chi connectivity index (χ0) is 26.6. The smallest absolute Gasteiger partial charge is 0.243 e. The number of benzene rings is 3. The Balaban J connectivity index is 1.52. The molecule has 0 saturated heterocycles. The van der Waals surface area contributed by atoms with Gasteiger partial charge in [-0.2, -0.15) is 0 Å². The van der Waals surface area contributed by atoms with Crippen molar-refractivity contribution in [2.24, 2.45) is 0 Å². The van der Waals surface area contributed by atoms with Crippen LogP contribution < -0.4 is 10.1 Å². The zero-order valence-electron chi connectivity index (χ0n) is 21.9. The molecule has 5 nitrogen and oxygen atoms in total. The molecule has 1 unspecified atom stereocenters. The highest BCUT2D eigenvalue weighted by Gasteiger charge is 2.31. The minimum Gasteiger partial charge on any atom is -0.494 e. The van der Waals surface area contributed by atoms with E-state index in [1.165, 1.54) is 6.42 Å². The fourth-order valence-electron chi connectivity index (χ4n) is 5.00. The van der Waals surface area contributed by atoms with Gasteiger partial charge in [0.1, 0.15) is 11.8 Å². The van der Waals surface area contributed by atoms with Crippen molar-refractivity contribution in [2.75, 3.05) is 6.61 Å². The second-order valence-electron chi connectivity index (χ2n) is 9.97. The molecule has 1 aliphatic rings. The summed E-state index contributed by atoms with van der Waals surface area (Å²) in [4.78, 5) is 29.2. The first kappa shape index (κ1) is 27.7. The van der Waals surface area contributed by atoms with E-state index in [-0.39, 0.29) is 24.3 Å². The van der Waals surface area contributed by atoms with Crippen LogP contribution in [0.2, 0.25) is 5.02 Å². The van der Waals surface area contributed by atoms with Gasteiger partial charge in [-0.1, -0.05) is 91.5 Å². The maximum absolute atomic E-state index is 13.8. The number of nitrogens with zero attached hydrogens (tertiary/aromatic N) is 1. The molecule has 200 valence electrons. The predicted octanol–water partition coefficient (Wildman–Crippen LogP) is 6.59. The number of ether oxygens (including phenoxy) is 1. The highest BCUT2D eigenvalue weighted by molar-refractivity contribution is 6.30. The Labute approximate surface area is 231 Å². The molecule has 1 fully saturated rings. The molecular weight excluding hydrogens is 496 g/mol. The van der Waals surface area contributed by atoms with E-state index in [9.17, 15) is 9.59 Å². The molecule has 2 amide bonds. The average Bonchev–Trinajstić information content (AvgIpc) is 2.94. The number of hydrogen-bond acceptors (Lipinski definition) is 3. The summed E-state index contributed by atoms with van der Waals surface area (Å²) in [5, 5.41) is 3.89. The number of rotatable bonds is 12. The summed E-state index contributed by atoms with van der Waals surface area (Å²) in [6.45, 7) is 0.743. The Morgan fingerprint density at radius 1 is 0.895 bits per heavy atom. The van der Waals surface area contributed by atoms with E-state index < -0.39 is 6.04 Å². The molecule has 0 aromatic heterocycles. The largest absolute Gasteiger partial charge is 0.494 e. The Morgan fingerprint density at radius 2 is 1.58 bits per heavy atom. The number of carbonyl (C=O) groups excluding carboxylic acids is 2. The van der Waals surface area contributed by atoms with Crippen LogP contribution in [0.4, 0.5) is 0 Å². The topological polar surface area (TPSA) is 58.6 Å². The van der Waals surface area contributed by atoms with Gasteiger partial charge >= 0.3 is 0 Å². The second-order valence-corrected chi connectivity index (χ2v) is 10.4. The molecular formula is C32H37ClN2O3. The molecule has 1 atom stereocenters. The van der Waals surface area contributed by atoms with Gasteiger partial charge in [-0.05, 0) is 54.7 Å². The summed E-state index contributed by atoms with van der Waals surface area (Å²) in [5.41, 5.74) is 1.92. The van der Waals surface area contributed by atoms with Crippen LogP contribution >= 0.6 is 11.6 Å². The van der Waals surface area contributed by atoms with Crippen LogP contribution in [0.25, 0.3) is 0 Å². The first-order valence-corrected chi connectivity index (χ1v) is 14.0. The van der Waals surface area contributed by atoms with E-state index in [1.54, 1.807) is 4.90 Å². The average molecular weight is 533 g/mol. The first-order valence-electron chi connectivity index (χ1n) is 13.6. The Hall–Kier alpha value is -3.31. The van der Waals surface area contributed by atoms with Crippen molar-refractivity contribution < 1.29 is 14.3 Å². The molecule has 38 heavy (non-hydrogen) atoms. The maximum atomic E-state index is 13.8. The van der Waals surface area contributed by atoms with Gasteiger partial charge in [0.15, 0.2) is 0 Å². The third kappa shape index (κ3) is 8.63. The monoisotopic (exact) mass is 532 g/mol. The molecule has 0 spiro atoms. The minimum absolute atomic E-state index is 0.0682. The Bertz CT molecular complexity index is 1150. The molecule has 1 aliphatic carbocycles. The van der Waals surface area contributed by atoms with Gasteiger partial charge in [-0.15, -0.1) is 0 Å². The van der Waals surface area contributed by atoms with Crippen LogP contribution in [0.3, 0.4) is 0 Å². The van der Waals surface area contributed by atoms with Crippen molar-refractivity contribution in [3.8, 4) is 5.75 Å². The summed E-state index contributed by atoms with van der Waals surface area (Å²) >= 11 is 6.27. The highest BCUT2D eigenvalue weighted by atomic mass is 35.5. The fraction of sp³-hybridized carbons (Fsp3) is 0.375. The van der Waals surface area contributed by atoms with Crippen molar-refractivity contribution in [3.05, 3.63) is 101 Å². The number of hydrogen-bond donors (Lipinski definition) is 1. The van der Waals surface area contributed by atoms with Crippen molar-refractivity contribution in [3.63, 3.8) is 0 Å². The van der Waals surface area contributed by atoms with Gasteiger partial charge in [0.25, 0.3) is 0 Å². The highest BCUT2D eigenvalue weighted by Crippen LogP contribution is 2.21. The van der Waals surface area contributed by atoms with Crippen LogP contribution in [0, 0.1) is 0 Å². The van der Waals surface area contributed by atoms with E-state index in [2.05, 4.69) is 5.32 Å². The van der Waals surface area contributed by atoms with Gasteiger partial charge in [0, 0.05) is 30.5 Å². The van der Waals surface area contributed by atoms with Gasteiger partial charge in [0.2, 0.25) is 11.8 Å². The number of para-hydroxylation sites is 1. The van der Waals surface area contributed by atoms with Crippen LogP contribution in [0.15, 0.2) is 84.9 Å². The third-order valence-electron chi connectivity index (χ3n) is 7.01. The van der Waals surface area contributed by atoms with Gasteiger partial charge in [-0.3, -0.25) is 9.59 Å². The van der Waals surface area contributed by atoms with Crippen LogP contribution in [0.5, 0.6) is 5.75 Å². The lowest BCUT2D eigenvalue weighted by Crippen LogP contribution is -2.52. The lowest BCUT2D eigenvalue weighted by atomic mass is 9.94. The molecule has 6 heteroatoms. The normalized spacial score (nSPS) is 14.4. The predicted molar refractivity (Wildman–Crippen MR) is 152 cm³/mol. The molecule has 0 aliphatic heterocycles. The summed E-state index contributed by atoms with van der Waals surface area (Å²) in [5.74, 6) is 0.627. The Morgan fingerprint density at radius 3 is 2.29 bits per heavy atom. The SMILES string of the molecule is O=C(NC1CCCCC1)C(Cc1ccccc1)N(Cc1cccc(Cl)c1)C(=O)CCCOc1ccccc1. The van der Waals surface area contributed by atoms with E-state index in [0.29, 0.717) is 31.0 Å². The zero-order valence-corrected chi connectivity index (χ0v) is 22.6.